The van der Waals surface area contributed by atoms with E-state index in [-0.39, 0.29) is 22.3 Å². The summed E-state index contributed by atoms with van der Waals surface area (Å²) in [7, 11) is 0. The Morgan fingerprint density at radius 2 is 1.86 bits per heavy atom. The van der Waals surface area contributed by atoms with Gasteiger partial charge < -0.3 is 5.32 Å². The van der Waals surface area contributed by atoms with E-state index in [9.17, 15) is 19.7 Å². The third kappa shape index (κ3) is 4.92. The number of nitrogens with one attached hydrogen (secondary N) is 3. The smallest absolute Gasteiger partial charge is 0.305 e. The van der Waals surface area contributed by atoms with Crippen molar-refractivity contribution >= 4 is 34.9 Å². The number of carbonyl (C=O) groups excluding carboxylic acids is 2. The SMILES string of the molecule is CC(C)(C)C(=O)NNC(=O)Nc1ccc([N+](=O)[O-])cc1Cl. The summed E-state index contributed by atoms with van der Waals surface area (Å²) in [5, 5.41) is 12.9. The van der Waals surface area contributed by atoms with Crippen molar-refractivity contribution in [2.75, 3.05) is 5.32 Å². The second kappa shape index (κ2) is 6.40. The maximum absolute atomic E-state index is 11.6. The number of anilines is 1. The van der Waals surface area contributed by atoms with Crippen LogP contribution in [0.4, 0.5) is 16.2 Å². The Balaban J connectivity index is 2.64. The lowest BCUT2D eigenvalue weighted by atomic mass is 9.96. The third-order valence-electron chi connectivity index (χ3n) is 2.38. The maximum Gasteiger partial charge on any atom is 0.337 e. The summed E-state index contributed by atoms with van der Waals surface area (Å²) in [6, 6.07) is 2.90. The first kappa shape index (κ1) is 16.7. The predicted octanol–water partition coefficient (Wildman–Crippen LogP) is 2.45. The number of nitrogens with zero attached hydrogens (tertiary/aromatic N) is 1. The van der Waals surface area contributed by atoms with Gasteiger partial charge in [-0.15, -0.1) is 0 Å². The quantitative estimate of drug-likeness (QED) is 0.574. The molecule has 0 fully saturated rings. The van der Waals surface area contributed by atoms with Gasteiger partial charge in [-0.05, 0) is 6.07 Å². The van der Waals surface area contributed by atoms with Gasteiger partial charge in [-0.2, -0.15) is 0 Å². The molecule has 1 aromatic carbocycles. The van der Waals surface area contributed by atoms with E-state index >= 15 is 0 Å². The van der Waals surface area contributed by atoms with E-state index in [1.54, 1.807) is 20.8 Å². The molecule has 0 spiro atoms. The van der Waals surface area contributed by atoms with Gasteiger partial charge >= 0.3 is 6.03 Å². The number of hydrazine groups is 1. The number of nitro benzene ring substituents is 1. The highest BCUT2D eigenvalue weighted by molar-refractivity contribution is 6.33. The Kier molecular flexibility index (Phi) is 5.09. The molecule has 3 amide bonds. The van der Waals surface area contributed by atoms with Gasteiger partial charge in [0.15, 0.2) is 0 Å². The van der Waals surface area contributed by atoms with Crippen LogP contribution in [-0.4, -0.2) is 16.9 Å². The molecule has 0 radical (unpaired) electrons. The summed E-state index contributed by atoms with van der Waals surface area (Å²) in [5.74, 6) is -0.368. The van der Waals surface area contributed by atoms with Crippen molar-refractivity contribution in [3.05, 3.63) is 33.3 Å². The molecule has 8 nitrogen and oxygen atoms in total. The number of benzene rings is 1. The second-order valence-electron chi connectivity index (χ2n) is 5.20. The first-order valence-electron chi connectivity index (χ1n) is 5.92. The van der Waals surface area contributed by atoms with Crippen molar-refractivity contribution in [2.45, 2.75) is 20.8 Å². The van der Waals surface area contributed by atoms with Crippen LogP contribution >= 0.6 is 11.6 Å². The molecule has 0 aliphatic carbocycles. The second-order valence-corrected chi connectivity index (χ2v) is 5.61. The molecule has 1 rings (SSSR count). The average molecular weight is 315 g/mol. The summed E-state index contributed by atoms with van der Waals surface area (Å²) in [5.41, 5.74) is 3.74. The molecule has 0 aliphatic rings. The summed E-state index contributed by atoms with van der Waals surface area (Å²) in [4.78, 5) is 33.1. The number of urea groups is 1. The van der Waals surface area contributed by atoms with E-state index in [1.165, 1.54) is 12.1 Å². The van der Waals surface area contributed by atoms with Crippen LogP contribution < -0.4 is 16.2 Å². The van der Waals surface area contributed by atoms with E-state index in [2.05, 4.69) is 16.2 Å². The van der Waals surface area contributed by atoms with Crippen molar-refractivity contribution in [3.63, 3.8) is 0 Å². The Bertz CT molecular complexity index is 583. The van der Waals surface area contributed by atoms with Crippen LogP contribution in [0.3, 0.4) is 0 Å². The number of hydrogen-bond donors (Lipinski definition) is 3. The summed E-state index contributed by atoms with van der Waals surface area (Å²) in [6.45, 7) is 5.07. The molecule has 3 N–H and O–H groups in total. The van der Waals surface area contributed by atoms with Crippen LogP contribution in [0.2, 0.25) is 5.02 Å². The first-order valence-corrected chi connectivity index (χ1v) is 6.30. The van der Waals surface area contributed by atoms with Gasteiger partial charge in [-0.1, -0.05) is 32.4 Å². The predicted molar refractivity (Wildman–Crippen MR) is 77.9 cm³/mol. The van der Waals surface area contributed by atoms with Crippen LogP contribution in [0.25, 0.3) is 0 Å². The highest BCUT2D eigenvalue weighted by Crippen LogP contribution is 2.26. The van der Waals surface area contributed by atoms with Crippen molar-refractivity contribution in [2.24, 2.45) is 5.41 Å². The molecule has 0 atom stereocenters. The third-order valence-corrected chi connectivity index (χ3v) is 2.70. The van der Waals surface area contributed by atoms with Crippen molar-refractivity contribution in [1.29, 1.82) is 0 Å². The number of non-ortho nitro benzene ring substituents is 1. The lowest BCUT2D eigenvalue weighted by Gasteiger charge is -2.18. The topological polar surface area (TPSA) is 113 Å². The largest absolute Gasteiger partial charge is 0.337 e. The zero-order valence-electron chi connectivity index (χ0n) is 11.7. The molecule has 9 heteroatoms. The number of carbonyl (C=O) groups is 2. The fourth-order valence-corrected chi connectivity index (χ4v) is 1.40. The van der Waals surface area contributed by atoms with E-state index in [0.717, 1.165) is 6.07 Å². The van der Waals surface area contributed by atoms with Crippen LogP contribution in [0.15, 0.2) is 18.2 Å². The van der Waals surface area contributed by atoms with E-state index in [0.29, 0.717) is 0 Å². The average Bonchev–Trinajstić information content (AvgIpc) is 2.36. The van der Waals surface area contributed by atoms with Gasteiger partial charge in [0.25, 0.3) is 5.69 Å². The molecule has 0 unspecified atom stereocenters. The highest BCUT2D eigenvalue weighted by Gasteiger charge is 2.21. The van der Waals surface area contributed by atoms with Gasteiger partial charge in [-0.25, -0.2) is 10.2 Å². The maximum atomic E-state index is 11.6. The molecule has 0 saturated heterocycles. The monoisotopic (exact) mass is 314 g/mol. The van der Waals surface area contributed by atoms with Crippen LogP contribution in [-0.2, 0) is 4.79 Å². The molecule has 1 aromatic rings. The number of nitro groups is 1. The van der Waals surface area contributed by atoms with Crippen molar-refractivity contribution in [1.82, 2.24) is 10.9 Å². The normalized spacial score (nSPS) is 10.7. The molecule has 0 aliphatic heterocycles. The van der Waals surface area contributed by atoms with Gasteiger partial charge in [0, 0.05) is 17.5 Å². The molecular formula is C12H15ClN4O4. The molecule has 114 valence electrons. The molecule has 0 aromatic heterocycles. The van der Waals surface area contributed by atoms with Gasteiger partial charge in [-0.3, -0.25) is 20.3 Å². The summed E-state index contributed by atoms with van der Waals surface area (Å²) in [6.07, 6.45) is 0. The van der Waals surface area contributed by atoms with Gasteiger partial charge in [0.2, 0.25) is 5.91 Å². The zero-order chi connectivity index (χ0) is 16.2. The number of hydrogen-bond acceptors (Lipinski definition) is 4. The van der Waals surface area contributed by atoms with Crippen LogP contribution in [0.1, 0.15) is 20.8 Å². The Morgan fingerprint density at radius 3 is 2.33 bits per heavy atom. The fourth-order valence-electron chi connectivity index (χ4n) is 1.17. The minimum Gasteiger partial charge on any atom is -0.305 e. The summed E-state index contributed by atoms with van der Waals surface area (Å²) < 4.78 is 0. The van der Waals surface area contributed by atoms with Crippen molar-refractivity contribution in [3.8, 4) is 0 Å². The lowest BCUT2D eigenvalue weighted by Crippen LogP contribution is -2.48. The molecule has 0 heterocycles. The van der Waals surface area contributed by atoms with E-state index in [4.69, 9.17) is 11.6 Å². The van der Waals surface area contributed by atoms with E-state index in [1.807, 2.05) is 0 Å². The van der Waals surface area contributed by atoms with E-state index < -0.39 is 16.4 Å². The van der Waals surface area contributed by atoms with Gasteiger partial charge in [0.05, 0.1) is 15.6 Å². The number of amides is 3. The number of rotatable bonds is 2. The number of halogens is 1. The Morgan fingerprint density at radius 1 is 1.24 bits per heavy atom. The highest BCUT2D eigenvalue weighted by atomic mass is 35.5. The molecule has 0 bridgehead atoms. The van der Waals surface area contributed by atoms with Crippen molar-refractivity contribution < 1.29 is 14.5 Å². The van der Waals surface area contributed by atoms with Crippen LogP contribution in [0.5, 0.6) is 0 Å². The van der Waals surface area contributed by atoms with Crippen LogP contribution in [0, 0.1) is 15.5 Å². The standard InChI is InChI=1S/C12H15ClN4O4/c1-12(2,3)10(18)15-16-11(19)14-9-5-4-7(17(20)21)6-8(9)13/h4-6H,1-3H3,(H,15,18)(H2,14,16,19). The zero-order valence-corrected chi connectivity index (χ0v) is 12.4. The molecule has 0 saturated carbocycles. The molecule has 21 heavy (non-hydrogen) atoms. The first-order chi connectivity index (χ1) is 9.61. The Hall–Kier alpha value is -2.35. The van der Waals surface area contributed by atoms with Gasteiger partial charge in [0.1, 0.15) is 0 Å². The minimum absolute atomic E-state index is 0.0153. The Labute approximate surface area is 126 Å². The minimum atomic E-state index is -0.719. The fraction of sp³-hybridized carbons (Fsp3) is 0.333. The lowest BCUT2D eigenvalue weighted by molar-refractivity contribution is -0.384. The summed E-state index contributed by atoms with van der Waals surface area (Å²) >= 11 is 5.82. The molecular weight excluding hydrogens is 300 g/mol.